The molecule has 3 N–H and O–H groups in total. The minimum absolute atomic E-state index is 0.275. The molecule has 0 saturated carbocycles. The molecule has 7 nitrogen and oxygen atoms in total. The summed E-state index contributed by atoms with van der Waals surface area (Å²) in [5.74, 6) is -0.275. The topological polar surface area (TPSA) is 90.8 Å². The van der Waals surface area contributed by atoms with Crippen molar-refractivity contribution in [2.75, 3.05) is 11.1 Å². The highest BCUT2D eigenvalue weighted by atomic mass is 16.2. The molecule has 0 aliphatic heterocycles. The second-order valence-electron chi connectivity index (χ2n) is 4.02. The van der Waals surface area contributed by atoms with Crippen molar-refractivity contribution in [3.8, 4) is 0 Å². The Hall–Kier alpha value is -2.31. The Morgan fingerprint density at radius 1 is 1.56 bits per heavy atom. The fourth-order valence-corrected chi connectivity index (χ4v) is 1.79. The third-order valence-corrected chi connectivity index (χ3v) is 2.64. The van der Waals surface area contributed by atoms with Gasteiger partial charge in [-0.05, 0) is 13.8 Å². The average molecular weight is 248 g/mol. The maximum atomic E-state index is 12.1. The lowest BCUT2D eigenvalue weighted by Gasteiger charge is -2.06. The van der Waals surface area contributed by atoms with Crippen LogP contribution in [0.25, 0.3) is 0 Å². The number of aromatic nitrogens is 4. The Labute approximate surface area is 105 Å². The van der Waals surface area contributed by atoms with E-state index < -0.39 is 0 Å². The van der Waals surface area contributed by atoms with E-state index in [1.165, 1.54) is 6.20 Å². The van der Waals surface area contributed by atoms with Crippen LogP contribution in [0.4, 0.5) is 11.4 Å². The second kappa shape index (κ2) is 4.52. The van der Waals surface area contributed by atoms with Gasteiger partial charge in [0.25, 0.3) is 5.91 Å². The summed E-state index contributed by atoms with van der Waals surface area (Å²) >= 11 is 0. The fourth-order valence-electron chi connectivity index (χ4n) is 1.79. The smallest absolute Gasteiger partial charge is 0.276 e. The van der Waals surface area contributed by atoms with Gasteiger partial charge in [0.2, 0.25) is 0 Å². The van der Waals surface area contributed by atoms with Gasteiger partial charge in [-0.15, -0.1) is 0 Å². The Balaban J connectivity index is 2.27. The summed E-state index contributed by atoms with van der Waals surface area (Å²) in [5, 5.41) is 11.0. The van der Waals surface area contributed by atoms with Gasteiger partial charge in [-0.3, -0.25) is 14.2 Å². The number of amides is 1. The number of aryl methyl sites for hydroxylation is 3. The molecular formula is C11H16N6O. The molecule has 0 radical (unpaired) electrons. The van der Waals surface area contributed by atoms with Crippen molar-refractivity contribution >= 4 is 17.3 Å². The lowest BCUT2D eigenvalue weighted by atomic mass is 10.3. The van der Waals surface area contributed by atoms with Gasteiger partial charge in [0.1, 0.15) is 5.69 Å². The highest BCUT2D eigenvalue weighted by molar-refractivity contribution is 6.06. The van der Waals surface area contributed by atoms with Gasteiger partial charge in [-0.25, -0.2) is 0 Å². The standard InChI is InChI=1S/C11H16N6O/c1-4-17-10(8(12)5-13-17)11(18)14-9-6-16(3)15-7(9)2/h5-6H,4,12H2,1-3H3,(H,14,18). The third-order valence-electron chi connectivity index (χ3n) is 2.64. The van der Waals surface area contributed by atoms with Gasteiger partial charge in [0.15, 0.2) is 0 Å². The van der Waals surface area contributed by atoms with Gasteiger partial charge in [0, 0.05) is 19.8 Å². The Morgan fingerprint density at radius 3 is 2.83 bits per heavy atom. The number of hydrogen-bond acceptors (Lipinski definition) is 4. The first kappa shape index (κ1) is 12.2. The van der Waals surface area contributed by atoms with Crippen molar-refractivity contribution in [3.63, 3.8) is 0 Å². The van der Waals surface area contributed by atoms with Crippen molar-refractivity contribution in [3.05, 3.63) is 23.8 Å². The molecule has 0 atom stereocenters. The zero-order chi connectivity index (χ0) is 13.3. The molecular weight excluding hydrogens is 232 g/mol. The molecule has 18 heavy (non-hydrogen) atoms. The van der Waals surface area contributed by atoms with Crippen LogP contribution in [0.15, 0.2) is 12.4 Å². The maximum absolute atomic E-state index is 12.1. The van der Waals surface area contributed by atoms with E-state index in [2.05, 4.69) is 15.5 Å². The quantitative estimate of drug-likeness (QED) is 0.839. The van der Waals surface area contributed by atoms with E-state index in [-0.39, 0.29) is 5.91 Å². The van der Waals surface area contributed by atoms with Crippen LogP contribution in [0.1, 0.15) is 23.1 Å². The van der Waals surface area contributed by atoms with Gasteiger partial charge in [-0.1, -0.05) is 0 Å². The number of nitrogens with two attached hydrogens (primary N) is 1. The molecule has 0 aliphatic rings. The molecule has 0 aromatic carbocycles. The normalized spacial score (nSPS) is 10.6. The van der Waals surface area contributed by atoms with Crippen LogP contribution in [0.2, 0.25) is 0 Å². The molecule has 0 bridgehead atoms. The van der Waals surface area contributed by atoms with Crippen molar-refractivity contribution in [2.45, 2.75) is 20.4 Å². The van der Waals surface area contributed by atoms with E-state index in [0.29, 0.717) is 23.6 Å². The van der Waals surface area contributed by atoms with Crippen molar-refractivity contribution in [1.29, 1.82) is 0 Å². The van der Waals surface area contributed by atoms with Gasteiger partial charge in [0.05, 0.1) is 23.3 Å². The zero-order valence-electron chi connectivity index (χ0n) is 10.6. The number of carbonyl (C=O) groups is 1. The second-order valence-corrected chi connectivity index (χ2v) is 4.02. The molecule has 2 heterocycles. The number of carbonyl (C=O) groups excluding carboxylic acids is 1. The van der Waals surface area contributed by atoms with E-state index in [4.69, 9.17) is 5.73 Å². The summed E-state index contributed by atoms with van der Waals surface area (Å²) in [7, 11) is 1.80. The minimum Gasteiger partial charge on any atom is -0.396 e. The number of nitrogens with one attached hydrogen (secondary N) is 1. The SMILES string of the molecule is CCn1ncc(N)c1C(=O)Nc1cn(C)nc1C. The van der Waals surface area contributed by atoms with E-state index >= 15 is 0 Å². The van der Waals surface area contributed by atoms with Crippen LogP contribution in [0, 0.1) is 6.92 Å². The number of anilines is 2. The van der Waals surface area contributed by atoms with Crippen LogP contribution in [-0.2, 0) is 13.6 Å². The van der Waals surface area contributed by atoms with Gasteiger partial charge in [-0.2, -0.15) is 10.2 Å². The Bertz CT molecular complexity index is 582. The van der Waals surface area contributed by atoms with Gasteiger partial charge < -0.3 is 11.1 Å². The number of nitrogen functional groups attached to an aromatic ring is 1. The van der Waals surface area contributed by atoms with Crippen molar-refractivity contribution in [1.82, 2.24) is 19.6 Å². The molecule has 0 unspecified atom stereocenters. The minimum atomic E-state index is -0.275. The Kier molecular flexibility index (Phi) is 3.05. The molecule has 96 valence electrons. The number of rotatable bonds is 3. The Morgan fingerprint density at radius 2 is 2.28 bits per heavy atom. The highest BCUT2D eigenvalue weighted by Crippen LogP contribution is 2.16. The summed E-state index contributed by atoms with van der Waals surface area (Å²) in [6, 6.07) is 0. The van der Waals surface area contributed by atoms with Crippen LogP contribution in [-0.4, -0.2) is 25.5 Å². The molecule has 2 aromatic heterocycles. The summed E-state index contributed by atoms with van der Waals surface area (Å²) < 4.78 is 3.21. The van der Waals surface area contributed by atoms with Crippen molar-refractivity contribution < 1.29 is 4.79 Å². The fraction of sp³-hybridized carbons (Fsp3) is 0.364. The van der Waals surface area contributed by atoms with Gasteiger partial charge >= 0.3 is 0 Å². The molecule has 2 aromatic rings. The molecule has 0 fully saturated rings. The average Bonchev–Trinajstić information content (AvgIpc) is 2.82. The summed E-state index contributed by atoms with van der Waals surface area (Å²) in [5.41, 5.74) is 7.93. The first-order chi connectivity index (χ1) is 8.52. The maximum Gasteiger partial charge on any atom is 0.276 e. The first-order valence-electron chi connectivity index (χ1n) is 5.65. The molecule has 0 spiro atoms. The van der Waals surface area contributed by atoms with Crippen LogP contribution in [0.5, 0.6) is 0 Å². The predicted octanol–water partition coefficient (Wildman–Crippen LogP) is 0.779. The summed E-state index contributed by atoms with van der Waals surface area (Å²) in [6.45, 7) is 4.32. The molecule has 7 heteroatoms. The highest BCUT2D eigenvalue weighted by Gasteiger charge is 2.17. The summed E-state index contributed by atoms with van der Waals surface area (Å²) in [4.78, 5) is 12.1. The van der Waals surface area contributed by atoms with E-state index in [1.54, 1.807) is 22.6 Å². The third kappa shape index (κ3) is 2.06. The number of nitrogens with zero attached hydrogens (tertiary/aromatic N) is 4. The first-order valence-corrected chi connectivity index (χ1v) is 5.65. The van der Waals surface area contributed by atoms with E-state index in [9.17, 15) is 4.79 Å². The molecule has 2 rings (SSSR count). The monoisotopic (exact) mass is 248 g/mol. The van der Waals surface area contributed by atoms with E-state index in [1.807, 2.05) is 13.8 Å². The van der Waals surface area contributed by atoms with Crippen LogP contribution < -0.4 is 11.1 Å². The number of hydrogen-bond donors (Lipinski definition) is 2. The molecule has 0 saturated heterocycles. The predicted molar refractivity (Wildman–Crippen MR) is 68.2 cm³/mol. The summed E-state index contributed by atoms with van der Waals surface area (Å²) in [6.07, 6.45) is 3.23. The zero-order valence-corrected chi connectivity index (χ0v) is 10.6. The van der Waals surface area contributed by atoms with Crippen LogP contribution >= 0.6 is 0 Å². The van der Waals surface area contributed by atoms with E-state index in [0.717, 1.165) is 5.69 Å². The lowest BCUT2D eigenvalue weighted by molar-refractivity contribution is 0.101. The molecule has 1 amide bonds. The molecule has 0 aliphatic carbocycles. The van der Waals surface area contributed by atoms with Crippen LogP contribution in [0.3, 0.4) is 0 Å². The lowest BCUT2D eigenvalue weighted by Crippen LogP contribution is -2.19. The largest absolute Gasteiger partial charge is 0.396 e. The van der Waals surface area contributed by atoms with Crippen molar-refractivity contribution in [2.24, 2.45) is 7.05 Å².